The number of nitrogens with zero attached hydrogens (tertiary/aromatic N) is 2. The second-order valence-corrected chi connectivity index (χ2v) is 6.34. The van der Waals surface area contributed by atoms with E-state index in [9.17, 15) is 27.9 Å². The summed E-state index contributed by atoms with van der Waals surface area (Å²) >= 11 is 0. The molecule has 1 heterocycles. The van der Waals surface area contributed by atoms with E-state index in [1.807, 2.05) is 0 Å². The zero-order valence-corrected chi connectivity index (χ0v) is 16.2. The molecule has 1 atom stereocenters. The maximum Gasteiger partial charge on any atom is 0.417 e. The summed E-state index contributed by atoms with van der Waals surface area (Å²) in [5.74, 6) is -1.03. The molecule has 3 N–H and O–H groups in total. The number of aldehydes is 1. The molecule has 31 heavy (non-hydrogen) atoms. The molecular weight excluding hydrogens is 415 g/mol. The number of carbonyl (C=O) groups is 2. The molecule has 162 valence electrons. The van der Waals surface area contributed by atoms with Gasteiger partial charge in [-0.3, -0.25) is 0 Å². The first-order valence-corrected chi connectivity index (χ1v) is 8.86. The molecule has 0 aliphatic carbocycles. The third-order valence-corrected chi connectivity index (χ3v) is 4.29. The van der Waals surface area contributed by atoms with Crippen LogP contribution in [0.15, 0.2) is 48.7 Å². The van der Waals surface area contributed by atoms with Crippen LogP contribution in [0.2, 0.25) is 0 Å². The Balaban J connectivity index is 0.000000225. The van der Waals surface area contributed by atoms with Gasteiger partial charge in [-0.1, -0.05) is 18.2 Å². The van der Waals surface area contributed by atoms with Crippen molar-refractivity contribution in [2.75, 3.05) is 12.4 Å². The molecule has 0 aliphatic heterocycles. The Kier molecular flexibility index (Phi) is 7.39. The summed E-state index contributed by atoms with van der Waals surface area (Å²) in [5, 5.41) is 30.0. The molecule has 0 amide bonds. The molecule has 3 aromatic rings. The van der Waals surface area contributed by atoms with Gasteiger partial charge in [-0.2, -0.15) is 18.4 Å². The van der Waals surface area contributed by atoms with Gasteiger partial charge in [-0.05, 0) is 24.3 Å². The van der Waals surface area contributed by atoms with E-state index in [0.29, 0.717) is 22.9 Å². The van der Waals surface area contributed by atoms with Crippen LogP contribution in [0.3, 0.4) is 0 Å². The number of hydrogen-bond acceptors (Lipinski definition) is 5. The lowest BCUT2D eigenvalue weighted by Gasteiger charge is -2.10. The van der Waals surface area contributed by atoms with E-state index in [1.165, 1.54) is 25.4 Å². The summed E-state index contributed by atoms with van der Waals surface area (Å²) < 4.78 is 38.7. The molecule has 1 unspecified atom stereocenters. The highest BCUT2D eigenvalue weighted by atomic mass is 19.4. The number of aliphatic hydroxyl groups is 1. The number of anilines is 1. The smallest absolute Gasteiger partial charge is 0.417 e. The van der Waals surface area contributed by atoms with Crippen molar-refractivity contribution in [3.05, 3.63) is 65.4 Å². The molecule has 1 aromatic heterocycles. The third-order valence-electron chi connectivity index (χ3n) is 4.29. The third kappa shape index (κ3) is 5.61. The lowest BCUT2D eigenvalue weighted by molar-refractivity contribution is -0.137. The van der Waals surface area contributed by atoms with Crippen LogP contribution < -0.4 is 5.32 Å². The van der Waals surface area contributed by atoms with Gasteiger partial charge < -0.3 is 24.9 Å². The van der Waals surface area contributed by atoms with Crippen LogP contribution in [0, 0.1) is 11.3 Å². The molecule has 0 saturated heterocycles. The minimum Gasteiger partial charge on any atom is -0.478 e. The molecule has 0 fully saturated rings. The summed E-state index contributed by atoms with van der Waals surface area (Å²) in [6.45, 7) is 0.0529. The van der Waals surface area contributed by atoms with E-state index in [1.54, 1.807) is 28.8 Å². The van der Waals surface area contributed by atoms with Crippen molar-refractivity contribution in [2.45, 2.75) is 18.8 Å². The summed E-state index contributed by atoms with van der Waals surface area (Å²) in [6, 6.07) is 12.0. The number of carboxylic acids is 1. The van der Waals surface area contributed by atoms with E-state index in [0.717, 1.165) is 12.1 Å². The van der Waals surface area contributed by atoms with Gasteiger partial charge in [-0.15, -0.1) is 0 Å². The van der Waals surface area contributed by atoms with E-state index in [-0.39, 0.29) is 17.7 Å². The van der Waals surface area contributed by atoms with Crippen molar-refractivity contribution in [1.29, 1.82) is 5.26 Å². The van der Waals surface area contributed by atoms with Crippen LogP contribution in [0.1, 0.15) is 21.5 Å². The normalized spacial score (nSPS) is 11.7. The van der Waals surface area contributed by atoms with Gasteiger partial charge in [0.25, 0.3) is 0 Å². The molecule has 3 rings (SSSR count). The fourth-order valence-corrected chi connectivity index (χ4v) is 2.84. The Morgan fingerprint density at radius 2 is 1.97 bits per heavy atom. The van der Waals surface area contributed by atoms with Crippen molar-refractivity contribution >= 4 is 28.8 Å². The standard InChI is InChI=1S/C12H11NO4.C9H7F3N2/c14-7-8(15)5-13-6-10(12(16)17)9-3-1-2-4-11(9)13;1-14-7-3-2-6(5-13)8(4-7)9(10,11)12/h1-4,6-8,15H,5H2,(H,16,17);2-4,14H,1H3. The summed E-state index contributed by atoms with van der Waals surface area (Å²) in [4.78, 5) is 21.4. The number of alkyl halides is 3. The Hall–Kier alpha value is -3.84. The molecule has 0 aliphatic rings. The number of rotatable bonds is 5. The molecule has 0 radical (unpaired) electrons. The second-order valence-electron chi connectivity index (χ2n) is 6.34. The number of hydrogen-bond donors (Lipinski definition) is 3. The van der Waals surface area contributed by atoms with Crippen LogP contribution in [0.5, 0.6) is 0 Å². The zero-order chi connectivity index (χ0) is 23.2. The predicted molar refractivity (Wildman–Crippen MR) is 107 cm³/mol. The highest BCUT2D eigenvalue weighted by Crippen LogP contribution is 2.33. The van der Waals surface area contributed by atoms with Gasteiger partial charge in [0, 0.05) is 29.8 Å². The van der Waals surface area contributed by atoms with Crippen LogP contribution in [-0.2, 0) is 17.5 Å². The van der Waals surface area contributed by atoms with Gasteiger partial charge in [-0.25, -0.2) is 4.79 Å². The first-order chi connectivity index (χ1) is 14.6. The lowest BCUT2D eigenvalue weighted by atomic mass is 10.1. The average molecular weight is 433 g/mol. The van der Waals surface area contributed by atoms with Gasteiger partial charge in [0.15, 0.2) is 0 Å². The number of aliphatic hydroxyl groups excluding tert-OH is 1. The minimum absolute atomic E-state index is 0.0529. The predicted octanol–water partition coefficient (Wildman–Crippen LogP) is 3.52. The molecule has 0 bridgehead atoms. The number of aromatic carboxylic acids is 1. The molecule has 7 nitrogen and oxygen atoms in total. The maximum atomic E-state index is 12.4. The first kappa shape index (κ1) is 23.4. The van der Waals surface area contributed by atoms with Gasteiger partial charge in [0.05, 0.1) is 29.3 Å². The van der Waals surface area contributed by atoms with Crippen LogP contribution in [0.25, 0.3) is 10.9 Å². The fourth-order valence-electron chi connectivity index (χ4n) is 2.84. The number of carboxylic acid groups (broad SMARTS) is 1. The summed E-state index contributed by atoms with van der Waals surface area (Å²) in [5.41, 5.74) is -0.0934. The van der Waals surface area contributed by atoms with E-state index >= 15 is 0 Å². The number of halogens is 3. The zero-order valence-electron chi connectivity index (χ0n) is 16.2. The van der Waals surface area contributed by atoms with Gasteiger partial charge in [0.2, 0.25) is 0 Å². The van der Waals surface area contributed by atoms with Crippen molar-refractivity contribution in [1.82, 2.24) is 4.57 Å². The fraction of sp³-hybridized carbons (Fsp3) is 0.190. The number of benzene rings is 2. The Bertz CT molecular complexity index is 1130. The van der Waals surface area contributed by atoms with Crippen LogP contribution >= 0.6 is 0 Å². The number of fused-ring (bicyclic) bond motifs is 1. The number of nitrogens with one attached hydrogen (secondary N) is 1. The maximum absolute atomic E-state index is 12.4. The number of carbonyl (C=O) groups excluding carboxylic acids is 1. The molecule has 2 aromatic carbocycles. The monoisotopic (exact) mass is 433 g/mol. The van der Waals surface area contributed by atoms with Crippen molar-refractivity contribution < 1.29 is 33.0 Å². The highest BCUT2D eigenvalue weighted by molar-refractivity contribution is 6.03. The topological polar surface area (TPSA) is 115 Å². The Morgan fingerprint density at radius 3 is 2.52 bits per heavy atom. The summed E-state index contributed by atoms with van der Waals surface area (Å²) in [7, 11) is 1.52. The Morgan fingerprint density at radius 1 is 1.29 bits per heavy atom. The highest BCUT2D eigenvalue weighted by Gasteiger charge is 2.33. The SMILES string of the molecule is CNc1ccc(C#N)c(C(F)(F)F)c1.O=CC(O)Cn1cc(C(=O)O)c2ccccc21. The van der Waals surface area contributed by atoms with E-state index in [4.69, 9.17) is 10.4 Å². The second kappa shape index (κ2) is 9.77. The molecular formula is C21H18F3N3O4. The number of para-hydroxylation sites is 1. The molecule has 0 spiro atoms. The van der Waals surface area contributed by atoms with E-state index < -0.39 is 23.8 Å². The minimum atomic E-state index is -4.49. The molecule has 10 heteroatoms. The molecule has 0 saturated carbocycles. The van der Waals surface area contributed by atoms with Crippen LogP contribution in [0.4, 0.5) is 18.9 Å². The van der Waals surface area contributed by atoms with Crippen molar-refractivity contribution in [2.24, 2.45) is 0 Å². The van der Waals surface area contributed by atoms with Gasteiger partial charge >= 0.3 is 12.1 Å². The van der Waals surface area contributed by atoms with Crippen molar-refractivity contribution in [3.63, 3.8) is 0 Å². The lowest BCUT2D eigenvalue weighted by Crippen LogP contribution is -2.16. The van der Waals surface area contributed by atoms with Crippen LogP contribution in [-0.4, -0.2) is 40.2 Å². The van der Waals surface area contributed by atoms with Gasteiger partial charge in [0.1, 0.15) is 12.4 Å². The summed E-state index contributed by atoms with van der Waals surface area (Å²) in [6.07, 6.45) is -3.76. The average Bonchev–Trinajstić information content (AvgIpc) is 3.11. The number of aromatic nitrogens is 1. The Labute approximate surface area is 175 Å². The van der Waals surface area contributed by atoms with Crippen molar-refractivity contribution in [3.8, 4) is 6.07 Å². The quantitative estimate of drug-likeness (QED) is 0.531. The number of nitriles is 1. The largest absolute Gasteiger partial charge is 0.478 e. The first-order valence-electron chi connectivity index (χ1n) is 8.86. The van der Waals surface area contributed by atoms with E-state index in [2.05, 4.69) is 5.32 Å².